The topological polar surface area (TPSA) is 87.3 Å². The molecule has 2 aromatic carbocycles. The van der Waals surface area contributed by atoms with Gasteiger partial charge in [-0.2, -0.15) is 13.2 Å². The minimum atomic E-state index is -4.49. The van der Waals surface area contributed by atoms with Crippen LogP contribution in [-0.4, -0.2) is 30.4 Å². The van der Waals surface area contributed by atoms with Crippen molar-refractivity contribution in [2.24, 2.45) is 0 Å². The summed E-state index contributed by atoms with van der Waals surface area (Å²) < 4.78 is 36.4. The van der Waals surface area contributed by atoms with E-state index in [-0.39, 0.29) is 11.5 Å². The fourth-order valence-corrected chi connectivity index (χ4v) is 2.23. The Labute approximate surface area is 164 Å². The van der Waals surface area contributed by atoms with E-state index in [2.05, 4.69) is 17.2 Å². The zero-order valence-electron chi connectivity index (χ0n) is 15.2. The molecule has 3 amide bonds. The summed E-state index contributed by atoms with van der Waals surface area (Å²) in [6.45, 7) is 2.23. The predicted octanol–water partition coefficient (Wildman–Crippen LogP) is 3.03. The van der Waals surface area contributed by atoms with Crippen molar-refractivity contribution in [1.82, 2.24) is 10.6 Å². The highest BCUT2D eigenvalue weighted by Crippen LogP contribution is 2.14. The third kappa shape index (κ3) is 7.13. The summed E-state index contributed by atoms with van der Waals surface area (Å²) in [5, 5.41) is 7.01. The number of anilines is 1. The van der Waals surface area contributed by atoms with Gasteiger partial charge in [0, 0.05) is 23.4 Å². The number of amides is 3. The van der Waals surface area contributed by atoms with Gasteiger partial charge in [-0.15, -0.1) is 0 Å². The number of nitrogens with one attached hydrogen (secondary N) is 3. The minimum absolute atomic E-state index is 0.0400. The third-order valence-electron chi connectivity index (χ3n) is 3.72. The maximum absolute atomic E-state index is 12.3. The van der Waals surface area contributed by atoms with Crippen LogP contribution in [0.3, 0.4) is 0 Å². The molecule has 2 aromatic rings. The number of rotatable bonds is 7. The molecule has 3 N–H and O–H groups in total. The Bertz CT molecular complexity index is 892. The van der Waals surface area contributed by atoms with Gasteiger partial charge in [0.15, 0.2) is 0 Å². The summed E-state index contributed by atoms with van der Waals surface area (Å²) in [6, 6.07) is 12.0. The average molecular weight is 405 g/mol. The quantitative estimate of drug-likeness (QED) is 0.619. The Morgan fingerprint density at radius 1 is 0.862 bits per heavy atom. The van der Waals surface area contributed by atoms with E-state index in [0.717, 1.165) is 11.6 Å². The number of hydrogen-bond acceptors (Lipinski definition) is 3. The summed E-state index contributed by atoms with van der Waals surface area (Å²) in [5.74, 6) is -1.57. The molecule has 0 radical (unpaired) electrons. The summed E-state index contributed by atoms with van der Waals surface area (Å²) in [7, 11) is 0. The van der Waals surface area contributed by atoms with Crippen LogP contribution in [0.5, 0.6) is 0 Å². The Kier molecular flexibility index (Phi) is 7.13. The van der Waals surface area contributed by atoms with Gasteiger partial charge in [-0.05, 0) is 48.0 Å². The molecule has 0 aliphatic heterocycles. The monoisotopic (exact) mass is 405 g/mol. The van der Waals surface area contributed by atoms with E-state index >= 15 is 0 Å². The highest BCUT2D eigenvalue weighted by atomic mass is 19.4. The van der Waals surface area contributed by atoms with E-state index in [0.29, 0.717) is 17.8 Å². The van der Waals surface area contributed by atoms with Crippen molar-refractivity contribution in [3.63, 3.8) is 0 Å². The molecule has 0 heterocycles. The van der Waals surface area contributed by atoms with E-state index < -0.39 is 24.5 Å². The first-order valence-electron chi connectivity index (χ1n) is 8.43. The van der Waals surface area contributed by atoms with Crippen LogP contribution in [0.15, 0.2) is 61.2 Å². The van der Waals surface area contributed by atoms with Crippen LogP contribution in [0.1, 0.15) is 26.3 Å². The molecule has 29 heavy (non-hydrogen) atoms. The zero-order chi connectivity index (χ0) is 21.4. The molecule has 0 spiro atoms. The van der Waals surface area contributed by atoms with Crippen LogP contribution in [0.2, 0.25) is 0 Å². The maximum Gasteiger partial charge on any atom is 0.405 e. The van der Waals surface area contributed by atoms with Crippen LogP contribution < -0.4 is 16.0 Å². The van der Waals surface area contributed by atoms with Crippen LogP contribution in [0.4, 0.5) is 18.9 Å². The first kappa shape index (κ1) is 21.7. The molecular weight excluding hydrogens is 387 g/mol. The van der Waals surface area contributed by atoms with Gasteiger partial charge in [-0.25, -0.2) is 0 Å². The summed E-state index contributed by atoms with van der Waals surface area (Å²) in [6.07, 6.45) is -3.33. The van der Waals surface area contributed by atoms with Gasteiger partial charge in [-0.3, -0.25) is 14.4 Å². The van der Waals surface area contributed by atoms with Crippen molar-refractivity contribution in [3.8, 4) is 0 Å². The van der Waals surface area contributed by atoms with E-state index in [9.17, 15) is 27.6 Å². The molecule has 6 nitrogen and oxygen atoms in total. The van der Waals surface area contributed by atoms with Gasteiger partial charge in [0.2, 0.25) is 5.91 Å². The maximum atomic E-state index is 12.3. The average Bonchev–Trinajstić information content (AvgIpc) is 2.70. The van der Waals surface area contributed by atoms with E-state index in [1.165, 1.54) is 24.3 Å². The number of benzene rings is 2. The SMILES string of the molecule is C=CC(=O)NCc1ccc(C(=O)Nc2ccc(C(=O)NCC(F)(F)F)cc2)cc1. The van der Waals surface area contributed by atoms with E-state index in [1.54, 1.807) is 29.6 Å². The molecule has 0 saturated heterocycles. The second kappa shape index (κ2) is 9.54. The van der Waals surface area contributed by atoms with Gasteiger partial charge in [0.1, 0.15) is 6.54 Å². The van der Waals surface area contributed by atoms with Crippen molar-refractivity contribution < 1.29 is 27.6 Å². The Morgan fingerprint density at radius 2 is 1.41 bits per heavy atom. The number of carbonyl (C=O) groups is 3. The fourth-order valence-electron chi connectivity index (χ4n) is 2.23. The molecule has 0 saturated carbocycles. The Balaban J connectivity index is 1.92. The molecular formula is C20H18F3N3O3. The minimum Gasteiger partial charge on any atom is -0.348 e. The Hall–Kier alpha value is -3.62. The second-order valence-electron chi connectivity index (χ2n) is 5.95. The van der Waals surface area contributed by atoms with Crippen LogP contribution >= 0.6 is 0 Å². The molecule has 2 rings (SSSR count). The molecule has 0 bridgehead atoms. The highest BCUT2D eigenvalue weighted by Gasteiger charge is 2.27. The molecule has 0 atom stereocenters. The van der Waals surface area contributed by atoms with Crippen molar-refractivity contribution >= 4 is 23.4 Å². The lowest BCUT2D eigenvalue weighted by molar-refractivity contribution is -0.123. The number of hydrogen-bond donors (Lipinski definition) is 3. The normalized spacial score (nSPS) is 10.7. The van der Waals surface area contributed by atoms with E-state index in [4.69, 9.17) is 0 Å². The largest absolute Gasteiger partial charge is 0.405 e. The van der Waals surface area contributed by atoms with Gasteiger partial charge in [-0.1, -0.05) is 18.7 Å². The van der Waals surface area contributed by atoms with Crippen LogP contribution in [0, 0.1) is 0 Å². The lowest BCUT2D eigenvalue weighted by Gasteiger charge is -2.09. The first-order valence-corrected chi connectivity index (χ1v) is 8.43. The van der Waals surface area contributed by atoms with Gasteiger partial charge >= 0.3 is 6.18 Å². The van der Waals surface area contributed by atoms with Crippen molar-refractivity contribution in [2.45, 2.75) is 12.7 Å². The summed E-state index contributed by atoms with van der Waals surface area (Å²) >= 11 is 0. The highest BCUT2D eigenvalue weighted by molar-refractivity contribution is 6.04. The molecule has 9 heteroatoms. The molecule has 0 aliphatic carbocycles. The smallest absolute Gasteiger partial charge is 0.348 e. The van der Waals surface area contributed by atoms with Crippen LogP contribution in [-0.2, 0) is 11.3 Å². The van der Waals surface area contributed by atoms with Gasteiger partial charge < -0.3 is 16.0 Å². The molecule has 0 aromatic heterocycles. The first-order chi connectivity index (χ1) is 13.7. The fraction of sp³-hybridized carbons (Fsp3) is 0.150. The van der Waals surface area contributed by atoms with Gasteiger partial charge in [0.25, 0.3) is 11.8 Å². The lowest BCUT2D eigenvalue weighted by Crippen LogP contribution is -2.33. The van der Waals surface area contributed by atoms with Crippen molar-refractivity contribution in [1.29, 1.82) is 0 Å². The number of halogens is 3. The second-order valence-corrected chi connectivity index (χ2v) is 5.95. The van der Waals surface area contributed by atoms with Crippen molar-refractivity contribution in [3.05, 3.63) is 77.9 Å². The summed E-state index contributed by atoms with van der Waals surface area (Å²) in [5.41, 5.74) is 1.59. The van der Waals surface area contributed by atoms with Crippen LogP contribution in [0.25, 0.3) is 0 Å². The molecule has 0 fully saturated rings. The number of alkyl halides is 3. The standard InChI is InChI=1S/C20H18F3N3O3/c1-2-17(27)24-11-13-3-5-15(6-4-13)19(29)26-16-9-7-14(8-10-16)18(28)25-12-20(21,22)23/h2-10H,1,11-12H2,(H,24,27)(H,25,28)(H,26,29). The van der Waals surface area contributed by atoms with E-state index in [1.807, 2.05) is 0 Å². The Morgan fingerprint density at radius 3 is 1.97 bits per heavy atom. The molecule has 152 valence electrons. The molecule has 0 unspecified atom stereocenters. The van der Waals surface area contributed by atoms with Gasteiger partial charge in [0.05, 0.1) is 0 Å². The summed E-state index contributed by atoms with van der Waals surface area (Å²) in [4.78, 5) is 35.1. The third-order valence-corrected chi connectivity index (χ3v) is 3.72. The molecule has 0 aliphatic rings. The lowest BCUT2D eigenvalue weighted by atomic mass is 10.1. The van der Waals surface area contributed by atoms with Crippen molar-refractivity contribution in [2.75, 3.05) is 11.9 Å². The predicted molar refractivity (Wildman–Crippen MR) is 101 cm³/mol. The zero-order valence-corrected chi connectivity index (χ0v) is 15.2. The number of carbonyl (C=O) groups excluding carboxylic acids is 3.